The van der Waals surface area contributed by atoms with E-state index in [1.165, 1.54) is 11.0 Å². The topological polar surface area (TPSA) is 46.3 Å². The standard InChI is InChI=1S/C11H11ClFIN2O/c12-7-2-8(13)11(9(14)3-7)16-5-6(4-15)1-10(16)17/h2-3,6H,1,4-5,15H2. The maximum Gasteiger partial charge on any atom is 0.227 e. The predicted octanol–water partition coefficient (Wildman–Crippen LogP) is 2.40. The minimum absolute atomic E-state index is 0.0837. The zero-order chi connectivity index (χ0) is 12.6. The molecule has 0 radical (unpaired) electrons. The summed E-state index contributed by atoms with van der Waals surface area (Å²) in [4.78, 5) is 13.3. The highest BCUT2D eigenvalue weighted by atomic mass is 127. The molecule has 17 heavy (non-hydrogen) atoms. The molecule has 92 valence electrons. The van der Waals surface area contributed by atoms with Gasteiger partial charge < -0.3 is 10.6 Å². The van der Waals surface area contributed by atoms with Crippen LogP contribution in [0.1, 0.15) is 6.42 Å². The monoisotopic (exact) mass is 368 g/mol. The van der Waals surface area contributed by atoms with Crippen molar-refractivity contribution in [1.29, 1.82) is 0 Å². The molecule has 1 atom stereocenters. The van der Waals surface area contributed by atoms with Crippen molar-refractivity contribution in [2.24, 2.45) is 11.7 Å². The number of nitrogens with zero attached hydrogens (tertiary/aromatic N) is 1. The molecule has 2 N–H and O–H groups in total. The third kappa shape index (κ3) is 2.56. The van der Waals surface area contributed by atoms with E-state index >= 15 is 0 Å². The number of carbonyl (C=O) groups is 1. The molecule has 0 aliphatic carbocycles. The molecule has 1 unspecified atom stereocenters. The summed E-state index contributed by atoms with van der Waals surface area (Å²) in [5, 5.41) is 0.331. The summed E-state index contributed by atoms with van der Waals surface area (Å²) in [6.45, 7) is 0.915. The van der Waals surface area contributed by atoms with Crippen molar-refractivity contribution in [1.82, 2.24) is 0 Å². The van der Waals surface area contributed by atoms with E-state index in [1.807, 2.05) is 22.6 Å². The summed E-state index contributed by atoms with van der Waals surface area (Å²) >= 11 is 7.73. The molecule has 0 aromatic heterocycles. The Morgan fingerprint density at radius 2 is 2.29 bits per heavy atom. The minimum Gasteiger partial charge on any atom is -0.330 e. The summed E-state index contributed by atoms with van der Waals surface area (Å²) < 4.78 is 14.5. The molecule has 6 heteroatoms. The zero-order valence-electron chi connectivity index (χ0n) is 8.92. The second-order valence-electron chi connectivity index (χ2n) is 4.03. The Bertz CT molecular complexity index is 446. The Balaban J connectivity index is 2.38. The second-order valence-corrected chi connectivity index (χ2v) is 5.63. The summed E-state index contributed by atoms with van der Waals surface area (Å²) in [7, 11) is 0. The van der Waals surface area contributed by atoms with E-state index in [1.54, 1.807) is 6.07 Å². The molecular weight excluding hydrogens is 357 g/mol. The summed E-state index contributed by atoms with van der Waals surface area (Å²) in [5.74, 6) is -0.444. The first-order chi connectivity index (χ1) is 8.02. The van der Waals surface area contributed by atoms with Crippen molar-refractivity contribution < 1.29 is 9.18 Å². The van der Waals surface area contributed by atoms with Gasteiger partial charge in [0.1, 0.15) is 5.82 Å². The van der Waals surface area contributed by atoms with Gasteiger partial charge in [-0.05, 0) is 47.2 Å². The van der Waals surface area contributed by atoms with Crippen molar-refractivity contribution in [3.63, 3.8) is 0 Å². The number of hydrogen-bond acceptors (Lipinski definition) is 2. The highest BCUT2D eigenvalue weighted by Gasteiger charge is 2.32. The van der Waals surface area contributed by atoms with E-state index < -0.39 is 5.82 Å². The van der Waals surface area contributed by atoms with Gasteiger partial charge in [0, 0.05) is 21.6 Å². The van der Waals surface area contributed by atoms with E-state index in [-0.39, 0.29) is 11.8 Å². The normalized spacial score (nSPS) is 20.1. The molecule has 1 fully saturated rings. The molecule has 1 aromatic rings. The van der Waals surface area contributed by atoms with Crippen LogP contribution in [0.25, 0.3) is 0 Å². The van der Waals surface area contributed by atoms with Crippen LogP contribution in [0.15, 0.2) is 12.1 Å². The lowest BCUT2D eigenvalue weighted by atomic mass is 10.1. The highest BCUT2D eigenvalue weighted by Crippen LogP contribution is 2.33. The number of hydrogen-bond donors (Lipinski definition) is 1. The molecule has 1 aliphatic heterocycles. The van der Waals surface area contributed by atoms with Crippen molar-refractivity contribution in [3.05, 3.63) is 26.5 Å². The van der Waals surface area contributed by atoms with Crippen LogP contribution in [0.5, 0.6) is 0 Å². The van der Waals surface area contributed by atoms with Gasteiger partial charge in [-0.15, -0.1) is 0 Å². The predicted molar refractivity (Wildman–Crippen MR) is 73.6 cm³/mol. The average molecular weight is 369 g/mol. The summed E-state index contributed by atoms with van der Waals surface area (Å²) in [6, 6.07) is 2.87. The van der Waals surface area contributed by atoms with Gasteiger partial charge in [0.05, 0.1) is 5.69 Å². The number of nitrogens with two attached hydrogens (primary N) is 1. The molecule has 0 saturated carbocycles. The van der Waals surface area contributed by atoms with Gasteiger partial charge in [0.25, 0.3) is 0 Å². The van der Waals surface area contributed by atoms with E-state index in [0.717, 1.165) is 0 Å². The van der Waals surface area contributed by atoms with Crippen LogP contribution < -0.4 is 10.6 Å². The Morgan fingerprint density at radius 3 is 2.82 bits per heavy atom. The highest BCUT2D eigenvalue weighted by molar-refractivity contribution is 14.1. The number of halogens is 3. The van der Waals surface area contributed by atoms with Crippen LogP contribution >= 0.6 is 34.2 Å². The molecule has 1 saturated heterocycles. The largest absolute Gasteiger partial charge is 0.330 e. The lowest BCUT2D eigenvalue weighted by Crippen LogP contribution is -2.27. The maximum absolute atomic E-state index is 13.9. The summed E-state index contributed by atoms with van der Waals surface area (Å²) in [6.07, 6.45) is 0.384. The molecule has 1 amide bonds. The van der Waals surface area contributed by atoms with Gasteiger partial charge in [-0.25, -0.2) is 4.39 Å². The van der Waals surface area contributed by atoms with Crippen LogP contribution in [0.4, 0.5) is 10.1 Å². The van der Waals surface area contributed by atoms with Crippen LogP contribution in [0.2, 0.25) is 5.02 Å². The molecule has 0 spiro atoms. The van der Waals surface area contributed by atoms with Crippen molar-refractivity contribution >= 4 is 45.8 Å². The van der Waals surface area contributed by atoms with Crippen LogP contribution in [0, 0.1) is 15.3 Å². The van der Waals surface area contributed by atoms with Crippen LogP contribution in [-0.4, -0.2) is 19.0 Å². The van der Waals surface area contributed by atoms with Crippen molar-refractivity contribution in [2.75, 3.05) is 18.0 Å². The van der Waals surface area contributed by atoms with Gasteiger partial charge in [-0.1, -0.05) is 11.6 Å². The molecule has 2 rings (SSSR count). The SMILES string of the molecule is NCC1CC(=O)N(c2c(F)cc(Cl)cc2I)C1. The number of rotatable bonds is 2. The number of carbonyl (C=O) groups excluding carboxylic acids is 1. The molecule has 0 bridgehead atoms. The van der Waals surface area contributed by atoms with Crippen molar-refractivity contribution in [3.8, 4) is 0 Å². The number of anilines is 1. The zero-order valence-corrected chi connectivity index (χ0v) is 11.8. The van der Waals surface area contributed by atoms with Crippen molar-refractivity contribution in [2.45, 2.75) is 6.42 Å². The summed E-state index contributed by atoms with van der Waals surface area (Å²) in [5.41, 5.74) is 5.86. The molecule has 1 aromatic carbocycles. The van der Waals surface area contributed by atoms with Gasteiger partial charge in [0.2, 0.25) is 5.91 Å². The minimum atomic E-state index is -0.465. The average Bonchev–Trinajstić information content (AvgIpc) is 2.59. The van der Waals surface area contributed by atoms with Gasteiger partial charge in [0.15, 0.2) is 0 Å². The lowest BCUT2D eigenvalue weighted by molar-refractivity contribution is -0.117. The Kier molecular flexibility index (Phi) is 3.89. The second kappa shape index (κ2) is 5.07. The Morgan fingerprint density at radius 1 is 1.59 bits per heavy atom. The molecule has 1 aliphatic rings. The van der Waals surface area contributed by atoms with Gasteiger partial charge in [-0.3, -0.25) is 4.79 Å². The Labute approximate surface area is 117 Å². The fourth-order valence-corrected chi connectivity index (χ4v) is 3.22. The van der Waals surface area contributed by atoms with Crippen LogP contribution in [0.3, 0.4) is 0 Å². The van der Waals surface area contributed by atoms with E-state index in [0.29, 0.717) is 33.8 Å². The first-order valence-electron chi connectivity index (χ1n) is 5.18. The third-order valence-corrected chi connectivity index (χ3v) is 3.83. The van der Waals surface area contributed by atoms with E-state index in [2.05, 4.69) is 0 Å². The van der Waals surface area contributed by atoms with Gasteiger partial charge >= 0.3 is 0 Å². The quantitative estimate of drug-likeness (QED) is 0.815. The third-order valence-electron chi connectivity index (χ3n) is 2.79. The molecular formula is C11H11ClFIN2O. The Hall–Kier alpha value is -0.400. The fourth-order valence-electron chi connectivity index (χ4n) is 1.95. The molecule has 1 heterocycles. The first-order valence-corrected chi connectivity index (χ1v) is 6.63. The van der Waals surface area contributed by atoms with E-state index in [9.17, 15) is 9.18 Å². The lowest BCUT2D eigenvalue weighted by Gasteiger charge is -2.19. The smallest absolute Gasteiger partial charge is 0.227 e. The van der Waals surface area contributed by atoms with Crippen LogP contribution in [-0.2, 0) is 4.79 Å². The molecule has 3 nitrogen and oxygen atoms in total. The fraction of sp³-hybridized carbons (Fsp3) is 0.364. The number of amides is 1. The maximum atomic E-state index is 13.9. The van der Waals surface area contributed by atoms with E-state index in [4.69, 9.17) is 17.3 Å². The van der Waals surface area contributed by atoms with Gasteiger partial charge in [-0.2, -0.15) is 0 Å². The number of benzene rings is 1. The first kappa shape index (κ1) is 13.0.